The van der Waals surface area contributed by atoms with Crippen molar-refractivity contribution in [2.45, 2.75) is 26.7 Å². The molecule has 1 aromatic rings. The maximum absolute atomic E-state index is 12.0. The second kappa shape index (κ2) is 7.35. The number of amides is 1. The van der Waals surface area contributed by atoms with Gasteiger partial charge in [0.15, 0.2) is 11.3 Å². The molecule has 3 rings (SSSR count). The first-order chi connectivity index (χ1) is 12.5. The van der Waals surface area contributed by atoms with Gasteiger partial charge in [0, 0.05) is 13.0 Å². The van der Waals surface area contributed by atoms with Gasteiger partial charge in [0.2, 0.25) is 11.3 Å². The number of fused-ring (bicyclic) bond motifs is 2. The predicted octanol–water partition coefficient (Wildman–Crippen LogP) is 2.75. The molecular weight excluding hydrogens is 336 g/mol. The molecule has 1 N–H and O–H groups in total. The van der Waals surface area contributed by atoms with Gasteiger partial charge in [-0.2, -0.15) is 0 Å². The maximum atomic E-state index is 12.0. The lowest BCUT2D eigenvalue weighted by atomic mass is 10.1. The smallest absolute Gasteiger partial charge is 0.310 e. The van der Waals surface area contributed by atoms with Crippen LogP contribution in [0.25, 0.3) is 22.6 Å². The molecule has 0 aromatic heterocycles. The van der Waals surface area contributed by atoms with Crippen LogP contribution in [-0.2, 0) is 20.7 Å². The number of carbonyl (C=O) groups is 2. The number of nitrogens with zero attached hydrogens (tertiary/aromatic N) is 1. The van der Waals surface area contributed by atoms with Crippen molar-refractivity contribution in [2.24, 2.45) is 0 Å². The Bertz CT molecular complexity index is 1010. The fraction of sp³-hybridized carbons (Fsp3) is 0.263. The zero-order valence-corrected chi connectivity index (χ0v) is 14.5. The fourth-order valence-corrected chi connectivity index (χ4v) is 2.53. The third-order valence-electron chi connectivity index (χ3n) is 3.67. The molecule has 1 heterocycles. The molecule has 0 atom stereocenters. The van der Waals surface area contributed by atoms with Gasteiger partial charge in [-0.1, -0.05) is 13.0 Å². The molecule has 0 saturated carbocycles. The Morgan fingerprint density at radius 1 is 1.23 bits per heavy atom. The van der Waals surface area contributed by atoms with Crippen molar-refractivity contribution in [3.8, 4) is 11.5 Å². The molecule has 26 heavy (non-hydrogen) atoms. The Morgan fingerprint density at radius 2 is 2.04 bits per heavy atom. The van der Waals surface area contributed by atoms with Gasteiger partial charge < -0.3 is 14.5 Å². The highest BCUT2D eigenvalue weighted by atomic mass is 16.5. The Hall–Kier alpha value is -3.22. The van der Waals surface area contributed by atoms with Crippen molar-refractivity contribution in [1.29, 1.82) is 0 Å². The number of aromatic nitrogens is 1. The quantitative estimate of drug-likeness (QED) is 0.559. The first-order valence-electron chi connectivity index (χ1n) is 8.27. The molecule has 0 spiro atoms. The van der Waals surface area contributed by atoms with Gasteiger partial charge in [-0.25, -0.2) is 4.98 Å². The summed E-state index contributed by atoms with van der Waals surface area (Å²) in [5.41, 5.74) is 2.02. The van der Waals surface area contributed by atoms with Crippen molar-refractivity contribution in [2.75, 3.05) is 11.9 Å². The fourth-order valence-electron chi connectivity index (χ4n) is 2.53. The van der Waals surface area contributed by atoms with Crippen LogP contribution in [0.2, 0.25) is 0 Å². The summed E-state index contributed by atoms with van der Waals surface area (Å²) in [5.74, 6) is -0.313. The van der Waals surface area contributed by atoms with E-state index in [2.05, 4.69) is 10.3 Å². The van der Waals surface area contributed by atoms with Crippen molar-refractivity contribution in [3.05, 3.63) is 46.1 Å². The number of hydrogen-bond donors (Lipinski definition) is 1. The van der Waals surface area contributed by atoms with Crippen LogP contribution in [0.3, 0.4) is 0 Å². The van der Waals surface area contributed by atoms with Gasteiger partial charge in [0.05, 0.1) is 18.7 Å². The zero-order valence-electron chi connectivity index (χ0n) is 14.5. The Kier molecular flexibility index (Phi) is 4.97. The van der Waals surface area contributed by atoms with Crippen LogP contribution < -0.4 is 10.7 Å². The topological polar surface area (TPSA) is 98.5 Å². The van der Waals surface area contributed by atoms with E-state index < -0.39 is 0 Å². The molecule has 1 aromatic carbocycles. The summed E-state index contributed by atoms with van der Waals surface area (Å²) in [4.78, 5) is 39.5. The second-order valence-corrected chi connectivity index (χ2v) is 5.91. The molecule has 134 valence electrons. The number of carbonyl (C=O) groups excluding carboxylic acids is 2. The number of ether oxygens (including phenoxy) is 1. The van der Waals surface area contributed by atoms with E-state index in [1.807, 2.05) is 6.92 Å². The van der Waals surface area contributed by atoms with E-state index in [-0.39, 0.29) is 29.4 Å². The summed E-state index contributed by atoms with van der Waals surface area (Å²) < 4.78 is 10.8. The van der Waals surface area contributed by atoms with Crippen LogP contribution in [0.5, 0.6) is 0 Å². The number of anilines is 1. The van der Waals surface area contributed by atoms with E-state index in [0.717, 1.165) is 12.0 Å². The summed E-state index contributed by atoms with van der Waals surface area (Å²) in [7, 11) is 0. The van der Waals surface area contributed by atoms with Crippen LogP contribution in [0.4, 0.5) is 5.69 Å². The summed E-state index contributed by atoms with van der Waals surface area (Å²) in [6.45, 7) is 3.65. The Balaban J connectivity index is 1.98. The minimum atomic E-state index is -0.354. The summed E-state index contributed by atoms with van der Waals surface area (Å²) >= 11 is 0. The lowest BCUT2D eigenvalue weighted by Gasteiger charge is -2.09. The van der Waals surface area contributed by atoms with E-state index in [1.165, 1.54) is 19.1 Å². The minimum Gasteiger partial charge on any atom is -0.465 e. The molecule has 0 saturated heterocycles. The highest BCUT2D eigenvalue weighted by molar-refractivity contribution is 5.90. The van der Waals surface area contributed by atoms with Crippen LogP contribution >= 0.6 is 0 Å². The van der Waals surface area contributed by atoms with Crippen LogP contribution in [0.15, 0.2) is 39.5 Å². The van der Waals surface area contributed by atoms with E-state index in [0.29, 0.717) is 29.2 Å². The summed E-state index contributed by atoms with van der Waals surface area (Å²) in [6.07, 6.45) is 0.917. The Morgan fingerprint density at radius 3 is 2.77 bits per heavy atom. The molecule has 0 fully saturated rings. The highest BCUT2D eigenvalue weighted by Gasteiger charge is 2.14. The number of esters is 1. The third kappa shape index (κ3) is 3.88. The lowest BCUT2D eigenvalue weighted by molar-refractivity contribution is -0.142. The summed E-state index contributed by atoms with van der Waals surface area (Å²) in [5, 5.41) is 2.48. The molecule has 1 amide bonds. The first kappa shape index (κ1) is 17.6. The average molecular weight is 354 g/mol. The molecule has 0 unspecified atom stereocenters. The number of hydrogen-bond acceptors (Lipinski definition) is 6. The largest absolute Gasteiger partial charge is 0.465 e. The standard InChI is InChI=1S/C19H18N2O5/c1-3-6-25-19(24)8-12-4-5-17-14(7-12)21-15-9-13(20-11(2)22)16(23)10-18(15)26-17/h4-5,7,9-10H,3,6,8H2,1-2H3,(H,20,22). The number of nitrogens with one attached hydrogen (secondary N) is 1. The molecule has 1 aliphatic carbocycles. The Labute approximate surface area is 149 Å². The SMILES string of the molecule is CCCOC(=O)Cc1ccc2oc3cc(=O)c(NC(C)=O)cc-3nc2c1. The molecule has 7 nitrogen and oxygen atoms in total. The van der Waals surface area contributed by atoms with Crippen LogP contribution in [0, 0.1) is 0 Å². The van der Waals surface area contributed by atoms with Crippen LogP contribution in [0.1, 0.15) is 25.8 Å². The molecule has 0 bridgehead atoms. The van der Waals surface area contributed by atoms with Gasteiger partial charge in [-0.3, -0.25) is 14.4 Å². The predicted molar refractivity (Wildman–Crippen MR) is 96.2 cm³/mol. The van der Waals surface area contributed by atoms with Crippen molar-refractivity contribution >= 4 is 28.7 Å². The van der Waals surface area contributed by atoms with Crippen molar-refractivity contribution < 1.29 is 18.7 Å². The minimum absolute atomic E-state index is 0.145. The van der Waals surface area contributed by atoms with Gasteiger partial charge in [0.25, 0.3) is 0 Å². The molecule has 0 radical (unpaired) electrons. The van der Waals surface area contributed by atoms with E-state index in [1.54, 1.807) is 18.2 Å². The molecule has 1 aliphatic heterocycles. The van der Waals surface area contributed by atoms with Gasteiger partial charge in [-0.05, 0) is 30.2 Å². The number of benzene rings is 2. The average Bonchev–Trinajstić information content (AvgIpc) is 2.59. The molecule has 7 heteroatoms. The lowest BCUT2D eigenvalue weighted by Crippen LogP contribution is -2.15. The second-order valence-electron chi connectivity index (χ2n) is 5.91. The van der Waals surface area contributed by atoms with E-state index >= 15 is 0 Å². The van der Waals surface area contributed by atoms with Crippen LogP contribution in [-0.4, -0.2) is 23.5 Å². The zero-order chi connectivity index (χ0) is 18.7. The van der Waals surface area contributed by atoms with Gasteiger partial charge in [-0.15, -0.1) is 0 Å². The molecule has 2 aliphatic rings. The molecular formula is C19H18N2O5. The van der Waals surface area contributed by atoms with Gasteiger partial charge >= 0.3 is 5.97 Å². The first-order valence-corrected chi connectivity index (χ1v) is 8.27. The van der Waals surface area contributed by atoms with Crippen molar-refractivity contribution in [3.63, 3.8) is 0 Å². The monoisotopic (exact) mass is 354 g/mol. The highest BCUT2D eigenvalue weighted by Crippen LogP contribution is 2.26. The van der Waals surface area contributed by atoms with E-state index in [9.17, 15) is 14.4 Å². The van der Waals surface area contributed by atoms with Crippen molar-refractivity contribution in [1.82, 2.24) is 4.98 Å². The third-order valence-corrected chi connectivity index (χ3v) is 3.67. The normalized spacial score (nSPS) is 10.8. The summed E-state index contributed by atoms with van der Waals surface area (Å²) in [6, 6.07) is 7.98. The maximum Gasteiger partial charge on any atom is 0.310 e. The van der Waals surface area contributed by atoms with E-state index in [4.69, 9.17) is 9.15 Å². The number of rotatable bonds is 5. The van der Waals surface area contributed by atoms with Gasteiger partial charge in [0.1, 0.15) is 11.2 Å².